The number of H-pyrrole nitrogens is 1. The van der Waals surface area contributed by atoms with Crippen molar-refractivity contribution in [2.75, 3.05) is 0 Å². The third kappa shape index (κ3) is 4.35. The van der Waals surface area contributed by atoms with Crippen LogP contribution in [0.4, 0.5) is 0 Å². The minimum Gasteiger partial charge on any atom is -0.480 e. The minimum absolute atomic E-state index is 0.207. The first-order valence-corrected chi connectivity index (χ1v) is 8.13. The first-order valence-electron chi connectivity index (χ1n) is 8.13. The van der Waals surface area contributed by atoms with Gasteiger partial charge in [0, 0.05) is 23.5 Å². The topological polar surface area (TPSA) is 108 Å². The molecule has 6 nitrogen and oxygen atoms in total. The molecule has 130 valence electrons. The van der Waals surface area contributed by atoms with E-state index >= 15 is 0 Å². The molecule has 1 aromatic carbocycles. The summed E-state index contributed by atoms with van der Waals surface area (Å²) in [6.45, 7) is 5.92. The van der Waals surface area contributed by atoms with E-state index in [1.807, 2.05) is 39.0 Å². The summed E-state index contributed by atoms with van der Waals surface area (Å²) >= 11 is 0. The second-order valence-corrected chi connectivity index (χ2v) is 6.70. The minimum atomic E-state index is -1.07. The van der Waals surface area contributed by atoms with Crippen LogP contribution < -0.4 is 11.1 Å². The Kier molecular flexibility index (Phi) is 5.62. The fourth-order valence-electron chi connectivity index (χ4n) is 2.77. The summed E-state index contributed by atoms with van der Waals surface area (Å²) in [7, 11) is 0. The van der Waals surface area contributed by atoms with E-state index in [-0.39, 0.29) is 12.3 Å². The van der Waals surface area contributed by atoms with Gasteiger partial charge in [-0.1, -0.05) is 25.5 Å². The van der Waals surface area contributed by atoms with E-state index in [4.69, 9.17) is 5.73 Å². The highest BCUT2D eigenvalue weighted by Crippen LogP contribution is 2.21. The highest BCUT2D eigenvalue weighted by atomic mass is 16.4. The monoisotopic (exact) mass is 331 g/mol. The van der Waals surface area contributed by atoms with E-state index in [0.717, 1.165) is 22.0 Å². The van der Waals surface area contributed by atoms with Gasteiger partial charge in [0.1, 0.15) is 6.04 Å². The quantitative estimate of drug-likeness (QED) is 0.622. The molecule has 0 unspecified atom stereocenters. The zero-order valence-corrected chi connectivity index (χ0v) is 14.3. The number of nitrogens with two attached hydrogens (primary N) is 1. The van der Waals surface area contributed by atoms with Crippen LogP contribution in [0.1, 0.15) is 31.4 Å². The molecule has 6 heteroatoms. The summed E-state index contributed by atoms with van der Waals surface area (Å²) in [5, 5.41) is 13.0. The van der Waals surface area contributed by atoms with Crippen LogP contribution in [0.25, 0.3) is 10.9 Å². The van der Waals surface area contributed by atoms with E-state index in [0.29, 0.717) is 6.42 Å². The Balaban J connectivity index is 2.14. The Morgan fingerprint density at radius 1 is 1.33 bits per heavy atom. The largest absolute Gasteiger partial charge is 0.480 e. The highest BCUT2D eigenvalue weighted by molar-refractivity contribution is 5.88. The molecule has 2 aromatic rings. The Bertz CT molecular complexity index is 736. The van der Waals surface area contributed by atoms with E-state index in [9.17, 15) is 14.7 Å². The molecular formula is C18H25N3O3. The molecule has 0 spiro atoms. The lowest BCUT2D eigenvalue weighted by atomic mass is 10.0. The molecule has 2 rings (SSSR count). The molecule has 0 bridgehead atoms. The summed E-state index contributed by atoms with van der Waals surface area (Å²) in [6.07, 6.45) is 2.52. The van der Waals surface area contributed by atoms with Gasteiger partial charge in [-0.3, -0.25) is 4.79 Å². The van der Waals surface area contributed by atoms with Crippen molar-refractivity contribution < 1.29 is 14.7 Å². The van der Waals surface area contributed by atoms with E-state index < -0.39 is 24.0 Å². The number of aromatic amines is 1. The fourth-order valence-corrected chi connectivity index (χ4v) is 2.77. The average Bonchev–Trinajstić information content (AvgIpc) is 2.87. The third-order valence-corrected chi connectivity index (χ3v) is 4.02. The van der Waals surface area contributed by atoms with Crippen LogP contribution in [0.3, 0.4) is 0 Å². The van der Waals surface area contributed by atoms with E-state index in [1.165, 1.54) is 0 Å². The van der Waals surface area contributed by atoms with Crippen LogP contribution in [0.2, 0.25) is 0 Å². The molecule has 5 N–H and O–H groups in total. The van der Waals surface area contributed by atoms with Crippen molar-refractivity contribution in [2.45, 2.75) is 45.7 Å². The van der Waals surface area contributed by atoms with Gasteiger partial charge in [0.05, 0.1) is 6.04 Å². The van der Waals surface area contributed by atoms with Crippen LogP contribution in [0.15, 0.2) is 24.4 Å². The van der Waals surface area contributed by atoms with Crippen LogP contribution in [0.5, 0.6) is 0 Å². The van der Waals surface area contributed by atoms with Crippen molar-refractivity contribution in [2.24, 2.45) is 11.7 Å². The number of rotatable bonds is 7. The predicted octanol–water partition coefficient (Wildman–Crippen LogP) is 1.96. The van der Waals surface area contributed by atoms with Gasteiger partial charge in [-0.2, -0.15) is 0 Å². The Morgan fingerprint density at radius 3 is 2.67 bits per heavy atom. The van der Waals surface area contributed by atoms with Crippen molar-refractivity contribution in [3.63, 3.8) is 0 Å². The number of aliphatic carboxylic acids is 1. The highest BCUT2D eigenvalue weighted by Gasteiger charge is 2.25. The van der Waals surface area contributed by atoms with Gasteiger partial charge in [0.2, 0.25) is 5.91 Å². The normalized spacial score (nSPS) is 13.9. The van der Waals surface area contributed by atoms with Crippen molar-refractivity contribution in [3.05, 3.63) is 35.5 Å². The SMILES string of the molecule is Cc1ccc2[nH]cc(C[C@H](NC(=O)[C@@H](N)CC(C)C)C(=O)O)c2c1. The maximum absolute atomic E-state index is 12.1. The van der Waals surface area contributed by atoms with Crippen molar-refractivity contribution in [1.82, 2.24) is 10.3 Å². The number of aromatic nitrogens is 1. The van der Waals surface area contributed by atoms with Crippen molar-refractivity contribution >= 4 is 22.8 Å². The van der Waals surface area contributed by atoms with Gasteiger partial charge in [0.15, 0.2) is 0 Å². The van der Waals surface area contributed by atoms with Gasteiger partial charge < -0.3 is 21.1 Å². The van der Waals surface area contributed by atoms with E-state index in [1.54, 1.807) is 6.20 Å². The molecule has 1 aromatic heterocycles. The van der Waals surface area contributed by atoms with Crippen LogP contribution in [-0.2, 0) is 16.0 Å². The van der Waals surface area contributed by atoms with Crippen LogP contribution in [0, 0.1) is 12.8 Å². The second-order valence-electron chi connectivity index (χ2n) is 6.70. The maximum Gasteiger partial charge on any atom is 0.326 e. The van der Waals surface area contributed by atoms with Gasteiger partial charge in [-0.15, -0.1) is 0 Å². The molecule has 24 heavy (non-hydrogen) atoms. The molecule has 0 aliphatic carbocycles. The third-order valence-electron chi connectivity index (χ3n) is 4.02. The Morgan fingerprint density at radius 2 is 2.04 bits per heavy atom. The lowest BCUT2D eigenvalue weighted by Gasteiger charge is -2.18. The first kappa shape index (κ1) is 18.0. The predicted molar refractivity (Wildman–Crippen MR) is 93.7 cm³/mol. The number of hydrogen-bond acceptors (Lipinski definition) is 3. The number of fused-ring (bicyclic) bond motifs is 1. The molecule has 0 aliphatic rings. The van der Waals surface area contributed by atoms with Gasteiger partial charge in [-0.25, -0.2) is 4.79 Å². The van der Waals surface area contributed by atoms with Crippen molar-refractivity contribution in [1.29, 1.82) is 0 Å². The number of amides is 1. The molecule has 0 saturated heterocycles. The second kappa shape index (κ2) is 7.49. The number of benzene rings is 1. The number of aryl methyl sites for hydroxylation is 1. The smallest absolute Gasteiger partial charge is 0.326 e. The number of carboxylic acid groups (broad SMARTS) is 1. The molecule has 0 aliphatic heterocycles. The fraction of sp³-hybridized carbons (Fsp3) is 0.444. The molecule has 0 saturated carbocycles. The molecular weight excluding hydrogens is 306 g/mol. The summed E-state index contributed by atoms with van der Waals surface area (Å²) < 4.78 is 0. The van der Waals surface area contributed by atoms with Gasteiger partial charge in [-0.05, 0) is 37.0 Å². The number of carbonyl (C=O) groups is 2. The molecule has 2 atom stereocenters. The Labute approximate surface area is 141 Å². The number of hydrogen-bond donors (Lipinski definition) is 4. The summed E-state index contributed by atoms with van der Waals surface area (Å²) in [6, 6.07) is 4.25. The first-order chi connectivity index (χ1) is 11.3. The summed E-state index contributed by atoms with van der Waals surface area (Å²) in [4.78, 5) is 26.8. The number of carboxylic acids is 1. The number of carbonyl (C=O) groups excluding carboxylic acids is 1. The van der Waals surface area contributed by atoms with Crippen LogP contribution in [-0.4, -0.2) is 34.1 Å². The summed E-state index contributed by atoms with van der Waals surface area (Å²) in [5.74, 6) is -1.22. The van der Waals surface area contributed by atoms with Crippen LogP contribution >= 0.6 is 0 Å². The maximum atomic E-state index is 12.1. The zero-order chi connectivity index (χ0) is 17.9. The van der Waals surface area contributed by atoms with Gasteiger partial charge in [0.25, 0.3) is 0 Å². The lowest BCUT2D eigenvalue weighted by molar-refractivity contribution is -0.142. The molecule has 0 radical (unpaired) electrons. The number of nitrogens with one attached hydrogen (secondary N) is 2. The standard InChI is InChI=1S/C18H25N3O3/c1-10(2)6-14(19)17(22)21-16(18(23)24)8-12-9-20-15-5-4-11(3)7-13(12)15/h4-5,7,9-10,14,16,20H,6,8,19H2,1-3H3,(H,21,22)(H,23,24)/t14-,16-/m0/s1. The lowest BCUT2D eigenvalue weighted by Crippen LogP contribution is -2.49. The van der Waals surface area contributed by atoms with E-state index in [2.05, 4.69) is 10.3 Å². The molecule has 0 fully saturated rings. The van der Waals surface area contributed by atoms with Gasteiger partial charge >= 0.3 is 5.97 Å². The zero-order valence-electron chi connectivity index (χ0n) is 14.3. The average molecular weight is 331 g/mol. The Hall–Kier alpha value is -2.34. The van der Waals surface area contributed by atoms with Crippen molar-refractivity contribution in [3.8, 4) is 0 Å². The molecule has 1 heterocycles. The molecule has 1 amide bonds. The summed E-state index contributed by atoms with van der Waals surface area (Å²) in [5.41, 5.74) is 8.74.